The zero-order valence-corrected chi connectivity index (χ0v) is 10.7. The van der Waals surface area contributed by atoms with Gasteiger partial charge < -0.3 is 5.32 Å². The smallest absolute Gasteiger partial charge is 0.262 e. The number of nitrogens with one attached hydrogen (secondary N) is 1. The monoisotopic (exact) mass is 259 g/mol. The third-order valence-corrected chi connectivity index (χ3v) is 3.43. The number of amides is 1. The van der Waals surface area contributed by atoms with Crippen LogP contribution in [0.1, 0.15) is 28.2 Å². The predicted octanol–water partition coefficient (Wildman–Crippen LogP) is 2.81. The summed E-state index contributed by atoms with van der Waals surface area (Å²) >= 11 is 1.36. The fourth-order valence-electron chi connectivity index (χ4n) is 1.68. The van der Waals surface area contributed by atoms with E-state index in [1.54, 1.807) is 6.07 Å². The van der Waals surface area contributed by atoms with Crippen molar-refractivity contribution in [2.75, 3.05) is 0 Å². The molecule has 1 amide bonds. The lowest BCUT2D eigenvalue weighted by molar-refractivity contribution is -0.118. The third-order valence-electron chi connectivity index (χ3n) is 2.56. The van der Waals surface area contributed by atoms with E-state index in [1.165, 1.54) is 18.3 Å². The van der Waals surface area contributed by atoms with Gasteiger partial charge in [-0.3, -0.25) is 9.59 Å². The minimum absolute atomic E-state index is 0.0777. The molecule has 1 heterocycles. The van der Waals surface area contributed by atoms with E-state index in [0.29, 0.717) is 4.88 Å². The Kier molecular flexibility index (Phi) is 3.89. The van der Waals surface area contributed by atoms with Gasteiger partial charge in [0.25, 0.3) is 5.91 Å². The molecule has 2 rings (SSSR count). The van der Waals surface area contributed by atoms with Crippen LogP contribution in [0.3, 0.4) is 0 Å². The molecule has 0 aliphatic carbocycles. The van der Waals surface area contributed by atoms with Crippen molar-refractivity contribution < 1.29 is 9.59 Å². The molecule has 92 valence electrons. The highest BCUT2D eigenvalue weighted by molar-refractivity contribution is 7.12. The minimum atomic E-state index is -0.583. The van der Waals surface area contributed by atoms with Crippen LogP contribution >= 0.6 is 11.3 Å². The minimum Gasteiger partial charge on any atom is -0.337 e. The van der Waals surface area contributed by atoms with E-state index in [2.05, 4.69) is 5.32 Å². The molecule has 0 bridgehead atoms. The van der Waals surface area contributed by atoms with E-state index in [1.807, 2.05) is 41.8 Å². The van der Waals surface area contributed by atoms with Crippen LogP contribution in [0.15, 0.2) is 47.8 Å². The number of hydrogen-bond acceptors (Lipinski definition) is 3. The number of ketones is 1. The number of carbonyl (C=O) groups excluding carboxylic acids is 2. The van der Waals surface area contributed by atoms with Gasteiger partial charge in [0.15, 0.2) is 5.78 Å². The Balaban J connectivity index is 2.18. The van der Waals surface area contributed by atoms with Crippen LogP contribution in [0.5, 0.6) is 0 Å². The number of rotatable bonds is 4. The maximum Gasteiger partial charge on any atom is 0.262 e. The molecule has 0 radical (unpaired) electrons. The van der Waals surface area contributed by atoms with Crippen molar-refractivity contribution in [2.45, 2.75) is 13.0 Å². The van der Waals surface area contributed by atoms with Gasteiger partial charge in [-0.1, -0.05) is 36.4 Å². The Morgan fingerprint density at radius 2 is 1.83 bits per heavy atom. The van der Waals surface area contributed by atoms with E-state index in [-0.39, 0.29) is 11.7 Å². The topological polar surface area (TPSA) is 46.2 Å². The molecule has 1 aromatic carbocycles. The molecular formula is C14H13NO2S. The molecule has 3 nitrogen and oxygen atoms in total. The molecule has 0 saturated heterocycles. The van der Waals surface area contributed by atoms with Crippen LogP contribution < -0.4 is 5.32 Å². The fraction of sp³-hybridized carbons (Fsp3) is 0.143. The van der Waals surface area contributed by atoms with Crippen LogP contribution in [0.2, 0.25) is 0 Å². The number of benzene rings is 1. The van der Waals surface area contributed by atoms with E-state index in [4.69, 9.17) is 0 Å². The first kappa shape index (κ1) is 12.5. The maximum atomic E-state index is 11.9. The average molecular weight is 259 g/mol. The number of carbonyl (C=O) groups is 2. The normalized spacial score (nSPS) is 11.8. The van der Waals surface area contributed by atoms with Crippen molar-refractivity contribution >= 4 is 23.0 Å². The number of thiophene rings is 1. The van der Waals surface area contributed by atoms with Crippen LogP contribution in [0.25, 0.3) is 0 Å². The summed E-state index contributed by atoms with van der Waals surface area (Å²) in [6.45, 7) is 1.48. The first-order valence-electron chi connectivity index (χ1n) is 5.58. The summed E-state index contributed by atoms with van der Waals surface area (Å²) in [6.07, 6.45) is 0. The van der Waals surface area contributed by atoms with E-state index >= 15 is 0 Å². The summed E-state index contributed by atoms with van der Waals surface area (Å²) < 4.78 is 0. The molecular weight excluding hydrogens is 246 g/mol. The van der Waals surface area contributed by atoms with Crippen LogP contribution in [0, 0.1) is 0 Å². The Morgan fingerprint density at radius 3 is 2.39 bits per heavy atom. The summed E-state index contributed by atoms with van der Waals surface area (Å²) in [5.41, 5.74) is 0.801. The molecule has 18 heavy (non-hydrogen) atoms. The fourth-order valence-corrected chi connectivity index (χ4v) is 2.30. The standard InChI is InChI=1S/C14H13NO2S/c1-10(16)13(11-6-3-2-4-7-11)15-14(17)12-8-5-9-18-12/h2-9,13H,1H3,(H,15,17). The third kappa shape index (κ3) is 2.84. The quantitative estimate of drug-likeness (QED) is 0.917. The number of hydrogen-bond donors (Lipinski definition) is 1. The molecule has 0 aliphatic rings. The van der Waals surface area contributed by atoms with Gasteiger partial charge in [0, 0.05) is 0 Å². The van der Waals surface area contributed by atoms with Crippen LogP contribution in [-0.4, -0.2) is 11.7 Å². The molecule has 1 N–H and O–H groups in total. The highest BCUT2D eigenvalue weighted by Gasteiger charge is 2.19. The zero-order chi connectivity index (χ0) is 13.0. The van der Waals surface area contributed by atoms with Crippen LogP contribution in [-0.2, 0) is 4.79 Å². The van der Waals surface area contributed by atoms with Crippen molar-refractivity contribution in [3.05, 3.63) is 58.3 Å². The van der Waals surface area contributed by atoms with Gasteiger partial charge >= 0.3 is 0 Å². The molecule has 1 unspecified atom stereocenters. The largest absolute Gasteiger partial charge is 0.337 e. The lowest BCUT2D eigenvalue weighted by Crippen LogP contribution is -2.32. The molecule has 0 aliphatic heterocycles. The van der Waals surface area contributed by atoms with Gasteiger partial charge in [-0.15, -0.1) is 11.3 Å². The highest BCUT2D eigenvalue weighted by Crippen LogP contribution is 2.16. The molecule has 1 aromatic heterocycles. The Labute approximate surface area is 109 Å². The number of Topliss-reactive ketones (excluding diaryl/α,β-unsaturated/α-hetero) is 1. The second kappa shape index (κ2) is 5.60. The van der Waals surface area contributed by atoms with Gasteiger partial charge in [-0.05, 0) is 23.9 Å². The zero-order valence-electron chi connectivity index (χ0n) is 9.92. The molecule has 4 heteroatoms. The lowest BCUT2D eigenvalue weighted by Gasteiger charge is -2.15. The molecule has 0 saturated carbocycles. The average Bonchev–Trinajstić information content (AvgIpc) is 2.90. The summed E-state index contributed by atoms with van der Waals surface area (Å²) in [4.78, 5) is 24.2. The Hall–Kier alpha value is -1.94. The van der Waals surface area contributed by atoms with Gasteiger partial charge in [-0.2, -0.15) is 0 Å². The van der Waals surface area contributed by atoms with Gasteiger partial charge in [0.1, 0.15) is 6.04 Å². The maximum absolute atomic E-state index is 11.9. The predicted molar refractivity (Wildman–Crippen MR) is 71.6 cm³/mol. The first-order valence-corrected chi connectivity index (χ1v) is 6.46. The lowest BCUT2D eigenvalue weighted by atomic mass is 10.0. The second-order valence-electron chi connectivity index (χ2n) is 3.91. The molecule has 1 atom stereocenters. The van der Waals surface area contributed by atoms with Gasteiger partial charge in [0.05, 0.1) is 4.88 Å². The van der Waals surface area contributed by atoms with E-state index in [9.17, 15) is 9.59 Å². The summed E-state index contributed by atoms with van der Waals surface area (Å²) in [7, 11) is 0. The summed E-state index contributed by atoms with van der Waals surface area (Å²) in [6, 6.07) is 12.2. The highest BCUT2D eigenvalue weighted by atomic mass is 32.1. The van der Waals surface area contributed by atoms with E-state index in [0.717, 1.165) is 5.56 Å². The van der Waals surface area contributed by atoms with Gasteiger partial charge in [-0.25, -0.2) is 0 Å². The van der Waals surface area contributed by atoms with Crippen molar-refractivity contribution in [3.63, 3.8) is 0 Å². The Bertz CT molecular complexity index is 534. The summed E-state index contributed by atoms with van der Waals surface area (Å²) in [5.74, 6) is -0.292. The van der Waals surface area contributed by atoms with Crippen molar-refractivity contribution in [1.29, 1.82) is 0 Å². The first-order chi connectivity index (χ1) is 8.68. The molecule has 0 fully saturated rings. The summed E-state index contributed by atoms with van der Waals surface area (Å²) in [5, 5.41) is 4.59. The van der Waals surface area contributed by atoms with E-state index < -0.39 is 6.04 Å². The van der Waals surface area contributed by atoms with Crippen molar-refractivity contribution in [3.8, 4) is 0 Å². The van der Waals surface area contributed by atoms with Crippen molar-refractivity contribution in [1.82, 2.24) is 5.32 Å². The van der Waals surface area contributed by atoms with Crippen molar-refractivity contribution in [2.24, 2.45) is 0 Å². The second-order valence-corrected chi connectivity index (χ2v) is 4.85. The SMILES string of the molecule is CC(=O)C(NC(=O)c1cccs1)c1ccccc1. The molecule has 0 spiro atoms. The molecule has 2 aromatic rings. The van der Waals surface area contributed by atoms with Crippen LogP contribution in [0.4, 0.5) is 0 Å². The van der Waals surface area contributed by atoms with Gasteiger partial charge in [0.2, 0.25) is 0 Å². The Morgan fingerprint density at radius 1 is 1.11 bits per heavy atom.